The molecule has 1 aliphatic rings. The maximum Gasteiger partial charge on any atom is 0.335 e. The number of aromatic hydroxyl groups is 2. The lowest BCUT2D eigenvalue weighted by Crippen LogP contribution is -2.60. The van der Waals surface area contributed by atoms with E-state index in [2.05, 4.69) is 0 Å². The van der Waals surface area contributed by atoms with Crippen molar-refractivity contribution in [2.45, 2.75) is 37.6 Å². The largest absolute Gasteiger partial charge is 0.507 e. The number of carboxylic acids is 1. The van der Waals surface area contributed by atoms with Crippen LogP contribution in [0.4, 0.5) is 0 Å². The molecule has 2 aromatic carbocycles. The molecule has 3 rings (SSSR count). The first-order valence-electron chi connectivity index (χ1n) is 8.80. The molecule has 162 valence electrons. The van der Waals surface area contributed by atoms with Crippen LogP contribution in [0.15, 0.2) is 23.0 Å². The van der Waals surface area contributed by atoms with Crippen LogP contribution in [0, 0.1) is 6.92 Å². The topological polar surface area (TPSA) is 194 Å². The molecule has 7 N–H and O–H groups in total. The lowest BCUT2D eigenvalue weighted by Gasteiger charge is -2.39. The van der Waals surface area contributed by atoms with E-state index in [1.807, 2.05) is 0 Å². The second-order valence-electron chi connectivity index (χ2n) is 6.89. The van der Waals surface area contributed by atoms with Crippen LogP contribution in [0.3, 0.4) is 0 Å². The molecule has 30 heavy (non-hydrogen) atoms. The number of benzene rings is 1. The normalized spacial score (nSPS) is 26.5. The van der Waals surface area contributed by atoms with Gasteiger partial charge < -0.3 is 45.2 Å². The molecule has 1 heterocycles. The first kappa shape index (κ1) is 21.7. The smallest absolute Gasteiger partial charge is 0.335 e. The van der Waals surface area contributed by atoms with Crippen LogP contribution in [-0.2, 0) is 4.74 Å². The predicted octanol–water partition coefficient (Wildman–Crippen LogP) is -1.20. The number of carboxylic acid groups (broad SMARTS) is 1. The highest BCUT2D eigenvalue weighted by atomic mass is 16.7. The highest BCUT2D eigenvalue weighted by molar-refractivity contribution is 5.99. The summed E-state index contributed by atoms with van der Waals surface area (Å²) in [6.07, 6.45) is -7.80. The average molecular weight is 424 g/mol. The molecule has 1 fully saturated rings. The standard InChI is InChI=1S/C19H20O11/c1-6-10(29-19-17(26)16(25)15(24)11(5-20)30-19)4-7-2-8(18(27)28)3-9(21)14(23)12(7)13(6)22/h2-4,11,15-17,19-20,22,24-26H,5H2,1H3,(H,21,23)(H,27,28)/t11-,15-,16+,17-,19-/m1/s1. The van der Waals surface area contributed by atoms with Gasteiger partial charge in [0, 0.05) is 11.6 Å². The zero-order valence-electron chi connectivity index (χ0n) is 15.6. The third kappa shape index (κ3) is 3.64. The average Bonchev–Trinajstić information content (AvgIpc) is 2.82. The van der Waals surface area contributed by atoms with Gasteiger partial charge in [0.15, 0.2) is 5.75 Å². The molecular formula is C19H20O11. The van der Waals surface area contributed by atoms with Crippen molar-refractivity contribution in [3.8, 4) is 17.2 Å². The fourth-order valence-electron chi connectivity index (χ4n) is 3.20. The minimum atomic E-state index is -1.72. The summed E-state index contributed by atoms with van der Waals surface area (Å²) >= 11 is 0. The maximum atomic E-state index is 12.0. The summed E-state index contributed by atoms with van der Waals surface area (Å²) in [6, 6.07) is 2.94. The van der Waals surface area contributed by atoms with Crippen LogP contribution in [0.25, 0.3) is 10.8 Å². The molecule has 0 spiro atoms. The van der Waals surface area contributed by atoms with Gasteiger partial charge in [-0.1, -0.05) is 0 Å². The molecule has 2 aromatic rings. The highest BCUT2D eigenvalue weighted by Gasteiger charge is 2.45. The summed E-state index contributed by atoms with van der Waals surface area (Å²) in [7, 11) is 0. The number of phenols is 1. The number of aromatic carboxylic acids is 1. The highest BCUT2D eigenvalue weighted by Crippen LogP contribution is 2.39. The Hall–Kier alpha value is -2.96. The fraction of sp³-hybridized carbons (Fsp3) is 0.368. The van der Waals surface area contributed by atoms with Gasteiger partial charge in [0.1, 0.15) is 35.9 Å². The van der Waals surface area contributed by atoms with E-state index in [1.165, 1.54) is 13.0 Å². The van der Waals surface area contributed by atoms with E-state index in [0.717, 1.165) is 6.07 Å². The van der Waals surface area contributed by atoms with E-state index < -0.39 is 65.8 Å². The third-order valence-electron chi connectivity index (χ3n) is 4.94. The van der Waals surface area contributed by atoms with Crippen molar-refractivity contribution in [3.05, 3.63) is 39.5 Å². The molecule has 0 aromatic heterocycles. The van der Waals surface area contributed by atoms with Crippen molar-refractivity contribution in [2.75, 3.05) is 6.61 Å². The summed E-state index contributed by atoms with van der Waals surface area (Å²) in [4.78, 5) is 23.4. The van der Waals surface area contributed by atoms with Gasteiger partial charge in [0.05, 0.1) is 17.6 Å². The fourth-order valence-corrected chi connectivity index (χ4v) is 3.20. The first-order chi connectivity index (χ1) is 14.1. The Balaban J connectivity index is 2.13. The summed E-state index contributed by atoms with van der Waals surface area (Å²) < 4.78 is 10.8. The molecule has 0 saturated carbocycles. The van der Waals surface area contributed by atoms with Gasteiger partial charge in [0.25, 0.3) is 0 Å². The number of hydrogen-bond acceptors (Lipinski definition) is 10. The van der Waals surface area contributed by atoms with Crippen LogP contribution in [-0.4, -0.2) is 79.0 Å². The monoisotopic (exact) mass is 424 g/mol. The number of carbonyl (C=O) groups is 1. The molecule has 1 aliphatic heterocycles. The van der Waals surface area contributed by atoms with Gasteiger partial charge in [-0.05, 0) is 24.4 Å². The van der Waals surface area contributed by atoms with E-state index in [0.29, 0.717) is 6.07 Å². The van der Waals surface area contributed by atoms with Crippen molar-refractivity contribution < 1.29 is 50.0 Å². The van der Waals surface area contributed by atoms with Crippen molar-refractivity contribution in [3.63, 3.8) is 0 Å². The zero-order chi connectivity index (χ0) is 22.3. The number of hydrogen-bond donors (Lipinski definition) is 7. The van der Waals surface area contributed by atoms with E-state index in [1.54, 1.807) is 0 Å². The Morgan fingerprint density at radius 3 is 2.33 bits per heavy atom. The summed E-state index contributed by atoms with van der Waals surface area (Å²) in [5, 5.41) is 68.7. The van der Waals surface area contributed by atoms with Crippen LogP contribution >= 0.6 is 0 Å². The Morgan fingerprint density at radius 1 is 1.07 bits per heavy atom. The minimum absolute atomic E-state index is 0.0113. The Bertz CT molecular complexity index is 1050. The van der Waals surface area contributed by atoms with Gasteiger partial charge in [-0.3, -0.25) is 4.79 Å². The van der Waals surface area contributed by atoms with E-state index in [-0.39, 0.29) is 22.1 Å². The molecule has 0 amide bonds. The number of fused-ring (bicyclic) bond motifs is 1. The van der Waals surface area contributed by atoms with Gasteiger partial charge in [-0.2, -0.15) is 0 Å². The number of aliphatic hydroxyl groups excluding tert-OH is 4. The Morgan fingerprint density at radius 2 is 1.73 bits per heavy atom. The maximum absolute atomic E-state index is 12.0. The molecular weight excluding hydrogens is 404 g/mol. The Labute approximate surface area is 168 Å². The van der Waals surface area contributed by atoms with Gasteiger partial charge in [-0.25, -0.2) is 4.79 Å². The molecule has 1 saturated heterocycles. The molecule has 11 nitrogen and oxygen atoms in total. The number of ether oxygens (including phenoxy) is 2. The zero-order valence-corrected chi connectivity index (χ0v) is 15.6. The summed E-state index contributed by atoms with van der Waals surface area (Å²) in [6.45, 7) is 0.688. The number of rotatable bonds is 4. The number of aliphatic hydroxyl groups is 4. The van der Waals surface area contributed by atoms with Crippen molar-refractivity contribution in [1.29, 1.82) is 0 Å². The van der Waals surface area contributed by atoms with Crippen LogP contribution in [0.2, 0.25) is 0 Å². The SMILES string of the molecule is Cc1c(O[C@@H]2O[C@H](CO)[C@@H](O)[C@H](O)[C@H]2O)cc2cc(C(=O)O)cc(=O)c(O)c2c1O. The number of phenolic OH excluding ortho intramolecular Hbond substituents is 1. The van der Waals surface area contributed by atoms with Gasteiger partial charge in [-0.15, -0.1) is 0 Å². The quantitative estimate of drug-likeness (QED) is 0.311. The van der Waals surface area contributed by atoms with Crippen LogP contribution in [0.1, 0.15) is 15.9 Å². The third-order valence-corrected chi connectivity index (χ3v) is 4.94. The van der Waals surface area contributed by atoms with Gasteiger partial charge >= 0.3 is 5.97 Å². The Kier molecular flexibility index (Phi) is 5.83. The molecule has 11 heteroatoms. The summed E-state index contributed by atoms with van der Waals surface area (Å²) in [5.41, 5.74) is -1.45. The lowest BCUT2D eigenvalue weighted by atomic mass is 9.99. The van der Waals surface area contributed by atoms with E-state index in [9.17, 15) is 45.3 Å². The van der Waals surface area contributed by atoms with E-state index >= 15 is 0 Å². The molecule has 5 atom stereocenters. The van der Waals surface area contributed by atoms with Crippen molar-refractivity contribution in [1.82, 2.24) is 0 Å². The molecule has 0 aliphatic carbocycles. The minimum Gasteiger partial charge on any atom is -0.507 e. The van der Waals surface area contributed by atoms with Gasteiger partial charge in [0.2, 0.25) is 11.7 Å². The predicted molar refractivity (Wildman–Crippen MR) is 99.6 cm³/mol. The van der Waals surface area contributed by atoms with Crippen molar-refractivity contribution >= 4 is 16.7 Å². The summed E-state index contributed by atoms with van der Waals surface area (Å²) in [5.74, 6) is -3.01. The van der Waals surface area contributed by atoms with Crippen molar-refractivity contribution in [2.24, 2.45) is 0 Å². The second-order valence-corrected chi connectivity index (χ2v) is 6.89. The van der Waals surface area contributed by atoms with E-state index in [4.69, 9.17) is 9.47 Å². The second kappa shape index (κ2) is 8.05. The lowest BCUT2D eigenvalue weighted by molar-refractivity contribution is -0.277. The molecule has 0 unspecified atom stereocenters. The first-order valence-corrected chi connectivity index (χ1v) is 8.80. The van der Waals surface area contributed by atoms with Crippen LogP contribution in [0.5, 0.6) is 17.2 Å². The van der Waals surface area contributed by atoms with Crippen LogP contribution < -0.4 is 10.2 Å². The molecule has 0 bridgehead atoms. The molecule has 0 radical (unpaired) electrons.